The van der Waals surface area contributed by atoms with E-state index in [0.29, 0.717) is 46.1 Å². The summed E-state index contributed by atoms with van der Waals surface area (Å²) in [4.78, 5) is 11.6. The molecule has 0 bridgehead atoms. The molecule has 0 unspecified atom stereocenters. The van der Waals surface area contributed by atoms with E-state index in [9.17, 15) is 4.79 Å². The molecule has 0 aliphatic heterocycles. The van der Waals surface area contributed by atoms with Gasteiger partial charge in [-0.1, -0.05) is 65.2 Å². The van der Waals surface area contributed by atoms with Crippen molar-refractivity contribution in [3.63, 3.8) is 0 Å². The molecule has 0 saturated carbocycles. The van der Waals surface area contributed by atoms with E-state index >= 15 is 0 Å². The highest BCUT2D eigenvalue weighted by Gasteiger charge is 2.02. The predicted molar refractivity (Wildman–Crippen MR) is 106 cm³/mol. The highest BCUT2D eigenvalue weighted by Crippen LogP contribution is 2.08. The van der Waals surface area contributed by atoms with Crippen molar-refractivity contribution in [2.75, 3.05) is 46.2 Å². The number of hydrogen-bond donors (Lipinski definition) is 0. The molecule has 0 spiro atoms. The number of carbonyl (C=O) groups excluding carboxylic acids is 1. The van der Waals surface area contributed by atoms with Gasteiger partial charge in [-0.3, -0.25) is 4.79 Å². The van der Waals surface area contributed by atoms with E-state index in [1.807, 2.05) is 0 Å². The summed E-state index contributed by atoms with van der Waals surface area (Å²) >= 11 is 0. The summed E-state index contributed by atoms with van der Waals surface area (Å²) in [6.07, 6.45) is 12.5. The van der Waals surface area contributed by atoms with E-state index in [2.05, 4.69) is 13.8 Å². The van der Waals surface area contributed by atoms with Crippen LogP contribution < -0.4 is 0 Å². The van der Waals surface area contributed by atoms with Gasteiger partial charge in [0.1, 0.15) is 6.61 Å². The van der Waals surface area contributed by atoms with Crippen LogP contribution in [-0.2, 0) is 23.7 Å². The minimum absolute atomic E-state index is 0.112. The normalized spacial score (nSPS) is 11.0. The van der Waals surface area contributed by atoms with Crippen molar-refractivity contribution in [1.29, 1.82) is 0 Å². The molecule has 0 aliphatic rings. The van der Waals surface area contributed by atoms with Gasteiger partial charge >= 0.3 is 5.97 Å². The van der Waals surface area contributed by atoms with Gasteiger partial charge in [-0.2, -0.15) is 0 Å². The lowest BCUT2D eigenvalue weighted by Crippen LogP contribution is -2.14. The molecular weight excluding hydrogens is 332 g/mol. The van der Waals surface area contributed by atoms with Crippen molar-refractivity contribution in [3.05, 3.63) is 0 Å². The first-order valence-electron chi connectivity index (χ1n) is 10.7. The van der Waals surface area contributed by atoms with E-state index in [1.165, 1.54) is 44.9 Å². The first-order valence-corrected chi connectivity index (χ1v) is 10.7. The summed E-state index contributed by atoms with van der Waals surface area (Å²) in [5, 5.41) is 0. The van der Waals surface area contributed by atoms with E-state index in [1.54, 1.807) is 0 Å². The van der Waals surface area contributed by atoms with Crippen LogP contribution in [0.4, 0.5) is 0 Å². The van der Waals surface area contributed by atoms with Crippen molar-refractivity contribution in [2.45, 2.75) is 84.5 Å². The highest BCUT2D eigenvalue weighted by molar-refractivity contribution is 5.69. The minimum Gasteiger partial charge on any atom is -0.463 e. The second-order valence-corrected chi connectivity index (χ2v) is 6.64. The Morgan fingerprint density at radius 3 is 1.62 bits per heavy atom. The number of carbonyl (C=O) groups is 1. The molecule has 0 rings (SSSR count). The summed E-state index contributed by atoms with van der Waals surface area (Å²) in [6, 6.07) is 0. The maximum atomic E-state index is 11.6. The van der Waals surface area contributed by atoms with E-state index in [0.717, 1.165) is 25.9 Å². The molecule has 156 valence electrons. The van der Waals surface area contributed by atoms with Gasteiger partial charge in [0.15, 0.2) is 0 Å². The van der Waals surface area contributed by atoms with Crippen molar-refractivity contribution < 1.29 is 23.7 Å². The molecule has 26 heavy (non-hydrogen) atoms. The smallest absolute Gasteiger partial charge is 0.305 e. The SMILES string of the molecule is CCCCCCCCCC(=O)OCCOCCOCCOCCCCC. The van der Waals surface area contributed by atoms with Crippen molar-refractivity contribution in [1.82, 2.24) is 0 Å². The Labute approximate surface area is 161 Å². The molecule has 5 heteroatoms. The molecular formula is C21H42O5. The molecule has 0 fully saturated rings. The lowest BCUT2D eigenvalue weighted by Gasteiger charge is -2.07. The van der Waals surface area contributed by atoms with Gasteiger partial charge in [-0.25, -0.2) is 0 Å². The highest BCUT2D eigenvalue weighted by atomic mass is 16.6. The average molecular weight is 375 g/mol. The summed E-state index contributed by atoms with van der Waals surface area (Å²) in [5.74, 6) is -0.112. The number of esters is 1. The van der Waals surface area contributed by atoms with E-state index in [4.69, 9.17) is 18.9 Å². The zero-order valence-electron chi connectivity index (χ0n) is 17.3. The Balaban J connectivity index is 3.12. The van der Waals surface area contributed by atoms with Crippen LogP contribution in [-0.4, -0.2) is 52.2 Å². The number of rotatable bonds is 21. The van der Waals surface area contributed by atoms with E-state index < -0.39 is 0 Å². The van der Waals surface area contributed by atoms with Crippen LogP contribution in [0, 0.1) is 0 Å². The zero-order chi connectivity index (χ0) is 19.1. The van der Waals surface area contributed by atoms with E-state index in [-0.39, 0.29) is 5.97 Å². The molecule has 0 radical (unpaired) electrons. The van der Waals surface area contributed by atoms with Gasteiger partial charge in [0.25, 0.3) is 0 Å². The molecule has 0 heterocycles. The predicted octanol–water partition coefficient (Wildman–Crippen LogP) is 4.91. The third-order valence-corrected chi connectivity index (χ3v) is 4.11. The monoisotopic (exact) mass is 374 g/mol. The molecule has 0 N–H and O–H groups in total. The molecule has 0 saturated heterocycles. The zero-order valence-corrected chi connectivity index (χ0v) is 17.3. The van der Waals surface area contributed by atoms with Crippen LogP contribution in [0.5, 0.6) is 0 Å². The average Bonchev–Trinajstić information content (AvgIpc) is 2.64. The third kappa shape index (κ3) is 21.4. The Hall–Kier alpha value is -0.650. The fourth-order valence-electron chi connectivity index (χ4n) is 2.51. The molecule has 0 aromatic rings. The fourth-order valence-corrected chi connectivity index (χ4v) is 2.51. The fraction of sp³-hybridized carbons (Fsp3) is 0.952. The Morgan fingerprint density at radius 2 is 1.00 bits per heavy atom. The number of unbranched alkanes of at least 4 members (excludes halogenated alkanes) is 8. The van der Waals surface area contributed by atoms with Gasteiger partial charge in [-0.15, -0.1) is 0 Å². The van der Waals surface area contributed by atoms with Crippen LogP contribution in [0.15, 0.2) is 0 Å². The number of hydrogen-bond acceptors (Lipinski definition) is 5. The summed E-state index contributed by atoms with van der Waals surface area (Å²) in [6.45, 7) is 8.28. The van der Waals surface area contributed by atoms with Crippen LogP contribution in [0.25, 0.3) is 0 Å². The summed E-state index contributed by atoms with van der Waals surface area (Å²) < 4.78 is 21.4. The van der Waals surface area contributed by atoms with Crippen LogP contribution in [0.3, 0.4) is 0 Å². The van der Waals surface area contributed by atoms with Crippen molar-refractivity contribution in [3.8, 4) is 0 Å². The van der Waals surface area contributed by atoms with Crippen molar-refractivity contribution in [2.24, 2.45) is 0 Å². The Bertz CT molecular complexity index is 284. The largest absolute Gasteiger partial charge is 0.463 e. The van der Waals surface area contributed by atoms with Gasteiger partial charge < -0.3 is 18.9 Å². The first-order chi connectivity index (χ1) is 12.8. The van der Waals surface area contributed by atoms with Gasteiger partial charge in [0.2, 0.25) is 0 Å². The quantitative estimate of drug-likeness (QED) is 0.211. The maximum Gasteiger partial charge on any atom is 0.305 e. The molecule has 5 nitrogen and oxygen atoms in total. The molecule has 0 aliphatic carbocycles. The van der Waals surface area contributed by atoms with Gasteiger partial charge in [0, 0.05) is 13.0 Å². The van der Waals surface area contributed by atoms with Crippen LogP contribution in [0.1, 0.15) is 84.5 Å². The van der Waals surface area contributed by atoms with Crippen LogP contribution >= 0.6 is 0 Å². The maximum absolute atomic E-state index is 11.6. The summed E-state index contributed by atoms with van der Waals surface area (Å²) in [5.41, 5.74) is 0. The topological polar surface area (TPSA) is 54.0 Å². The van der Waals surface area contributed by atoms with Gasteiger partial charge in [0.05, 0.1) is 33.0 Å². The molecule has 0 aromatic carbocycles. The standard InChI is InChI=1S/C21H42O5/c1-3-5-7-8-9-10-11-13-21(22)26-20-19-25-18-17-24-16-15-23-14-12-6-4-2/h3-20H2,1-2H3. The first kappa shape index (κ1) is 25.4. The lowest BCUT2D eigenvalue weighted by atomic mass is 10.1. The molecule has 0 amide bonds. The Kier molecular flexibility index (Phi) is 21.8. The second-order valence-electron chi connectivity index (χ2n) is 6.64. The van der Waals surface area contributed by atoms with Gasteiger partial charge in [-0.05, 0) is 12.8 Å². The minimum atomic E-state index is -0.112. The molecule has 0 atom stereocenters. The number of ether oxygens (including phenoxy) is 4. The van der Waals surface area contributed by atoms with Crippen LogP contribution in [0.2, 0.25) is 0 Å². The Morgan fingerprint density at radius 1 is 0.538 bits per heavy atom. The van der Waals surface area contributed by atoms with Crippen molar-refractivity contribution >= 4 is 5.97 Å². The summed E-state index contributed by atoms with van der Waals surface area (Å²) in [7, 11) is 0. The second kappa shape index (κ2) is 22.4. The third-order valence-electron chi connectivity index (χ3n) is 4.11. The molecule has 0 aromatic heterocycles. The lowest BCUT2D eigenvalue weighted by molar-refractivity contribution is -0.145.